The van der Waals surface area contributed by atoms with Crippen LogP contribution in [0.25, 0.3) is 0 Å². The highest BCUT2D eigenvalue weighted by atomic mass is 32.2. The smallest absolute Gasteiger partial charge is 0.211 e. The van der Waals surface area contributed by atoms with Gasteiger partial charge in [0.15, 0.2) is 0 Å². The fourth-order valence-electron chi connectivity index (χ4n) is 1.89. The second kappa shape index (κ2) is 8.30. The summed E-state index contributed by atoms with van der Waals surface area (Å²) in [5.41, 5.74) is 1.27. The molecule has 0 saturated heterocycles. The second-order valence-electron chi connectivity index (χ2n) is 4.79. The number of hydrogen-bond acceptors (Lipinski definition) is 3. The molecule has 1 aromatic rings. The zero-order valence-corrected chi connectivity index (χ0v) is 12.6. The molecule has 0 fully saturated rings. The fourth-order valence-corrected chi connectivity index (χ4v) is 3.03. The SMILES string of the molecule is CCCS(=O)(=O)NCCCN(C)Cc1ccccc1. The minimum absolute atomic E-state index is 0.215. The van der Waals surface area contributed by atoms with Crippen LogP contribution in [0.4, 0.5) is 0 Å². The molecule has 4 nitrogen and oxygen atoms in total. The molecule has 0 bridgehead atoms. The van der Waals surface area contributed by atoms with Crippen molar-refractivity contribution in [2.45, 2.75) is 26.3 Å². The molecule has 0 heterocycles. The lowest BCUT2D eigenvalue weighted by atomic mass is 10.2. The van der Waals surface area contributed by atoms with Gasteiger partial charge in [-0.3, -0.25) is 0 Å². The van der Waals surface area contributed by atoms with E-state index in [2.05, 4.69) is 21.8 Å². The van der Waals surface area contributed by atoms with Crippen LogP contribution in [-0.4, -0.2) is 39.2 Å². The Hall–Kier alpha value is -0.910. The third-order valence-electron chi connectivity index (χ3n) is 2.81. The Morgan fingerprint density at radius 3 is 2.53 bits per heavy atom. The number of hydrogen-bond donors (Lipinski definition) is 1. The van der Waals surface area contributed by atoms with E-state index < -0.39 is 10.0 Å². The van der Waals surface area contributed by atoms with Crippen LogP contribution in [0, 0.1) is 0 Å². The summed E-state index contributed by atoms with van der Waals surface area (Å²) >= 11 is 0. The van der Waals surface area contributed by atoms with E-state index in [1.807, 2.05) is 32.2 Å². The summed E-state index contributed by atoms with van der Waals surface area (Å²) < 4.78 is 25.5. The third-order valence-corrected chi connectivity index (χ3v) is 4.40. The van der Waals surface area contributed by atoms with E-state index in [4.69, 9.17) is 0 Å². The predicted molar refractivity (Wildman–Crippen MR) is 79.5 cm³/mol. The summed E-state index contributed by atoms with van der Waals surface area (Å²) in [4.78, 5) is 2.20. The van der Waals surface area contributed by atoms with Gasteiger partial charge in [0.1, 0.15) is 0 Å². The van der Waals surface area contributed by atoms with Gasteiger partial charge in [0.2, 0.25) is 10.0 Å². The van der Waals surface area contributed by atoms with E-state index in [1.165, 1.54) is 5.56 Å². The number of nitrogens with one attached hydrogen (secondary N) is 1. The number of nitrogens with zero attached hydrogens (tertiary/aromatic N) is 1. The Labute approximate surface area is 116 Å². The molecule has 19 heavy (non-hydrogen) atoms. The maximum absolute atomic E-state index is 11.4. The Bertz CT molecular complexity index is 446. The summed E-state index contributed by atoms with van der Waals surface area (Å²) in [7, 11) is -1.01. The van der Waals surface area contributed by atoms with E-state index in [-0.39, 0.29) is 5.75 Å². The van der Waals surface area contributed by atoms with Crippen LogP contribution in [-0.2, 0) is 16.6 Å². The highest BCUT2D eigenvalue weighted by Gasteiger charge is 2.07. The van der Waals surface area contributed by atoms with Crippen LogP contribution in [0.1, 0.15) is 25.3 Å². The molecule has 0 saturated carbocycles. The van der Waals surface area contributed by atoms with Crippen molar-refractivity contribution in [2.75, 3.05) is 25.9 Å². The molecule has 0 spiro atoms. The van der Waals surface area contributed by atoms with Crippen molar-refractivity contribution >= 4 is 10.0 Å². The van der Waals surface area contributed by atoms with Crippen molar-refractivity contribution in [3.05, 3.63) is 35.9 Å². The number of sulfonamides is 1. The van der Waals surface area contributed by atoms with E-state index in [0.29, 0.717) is 13.0 Å². The normalized spacial score (nSPS) is 11.9. The summed E-state index contributed by atoms with van der Waals surface area (Å²) in [6, 6.07) is 10.3. The summed E-state index contributed by atoms with van der Waals surface area (Å²) in [6.07, 6.45) is 1.48. The molecule has 5 heteroatoms. The maximum atomic E-state index is 11.4. The lowest BCUT2D eigenvalue weighted by Gasteiger charge is -2.16. The predicted octanol–water partition coefficient (Wildman–Crippen LogP) is 1.84. The Balaban J connectivity index is 2.19. The topological polar surface area (TPSA) is 49.4 Å². The summed E-state index contributed by atoms with van der Waals surface area (Å²) in [5.74, 6) is 0.215. The molecule has 108 valence electrons. The van der Waals surface area contributed by atoms with Crippen LogP contribution < -0.4 is 4.72 Å². The van der Waals surface area contributed by atoms with E-state index in [9.17, 15) is 8.42 Å². The third kappa shape index (κ3) is 7.30. The molecule has 1 aromatic carbocycles. The van der Waals surface area contributed by atoms with Gasteiger partial charge in [-0.15, -0.1) is 0 Å². The van der Waals surface area contributed by atoms with Gasteiger partial charge in [0, 0.05) is 13.1 Å². The molecule has 1 rings (SSSR count). The zero-order chi connectivity index (χ0) is 14.1. The van der Waals surface area contributed by atoms with Crippen LogP contribution in [0.5, 0.6) is 0 Å². The van der Waals surface area contributed by atoms with Gasteiger partial charge < -0.3 is 4.90 Å². The second-order valence-corrected chi connectivity index (χ2v) is 6.72. The van der Waals surface area contributed by atoms with Gasteiger partial charge in [0.25, 0.3) is 0 Å². The highest BCUT2D eigenvalue weighted by Crippen LogP contribution is 2.02. The molecule has 0 aliphatic carbocycles. The van der Waals surface area contributed by atoms with E-state index >= 15 is 0 Å². The van der Waals surface area contributed by atoms with E-state index in [0.717, 1.165) is 19.5 Å². The van der Waals surface area contributed by atoms with Crippen LogP contribution >= 0.6 is 0 Å². The minimum Gasteiger partial charge on any atom is -0.302 e. The molecule has 0 amide bonds. The van der Waals surface area contributed by atoms with Crippen LogP contribution in [0.3, 0.4) is 0 Å². The molecule has 1 N–H and O–H groups in total. The van der Waals surface area contributed by atoms with Crippen LogP contribution in [0.2, 0.25) is 0 Å². The fraction of sp³-hybridized carbons (Fsp3) is 0.571. The van der Waals surface area contributed by atoms with Crippen molar-refractivity contribution in [1.29, 1.82) is 0 Å². The molecular weight excluding hydrogens is 260 g/mol. The first-order chi connectivity index (χ1) is 9.03. The standard InChI is InChI=1S/C14H24N2O2S/c1-3-12-19(17,18)15-10-7-11-16(2)13-14-8-5-4-6-9-14/h4-6,8-9,15H,3,7,10-13H2,1-2H3. The number of rotatable bonds is 9. The largest absolute Gasteiger partial charge is 0.302 e. The van der Waals surface area contributed by atoms with Gasteiger partial charge in [0.05, 0.1) is 5.75 Å². The molecule has 0 aromatic heterocycles. The quantitative estimate of drug-likeness (QED) is 0.704. The van der Waals surface area contributed by atoms with Gasteiger partial charge >= 0.3 is 0 Å². The van der Waals surface area contributed by atoms with Crippen molar-refractivity contribution in [1.82, 2.24) is 9.62 Å². The van der Waals surface area contributed by atoms with Gasteiger partial charge in [-0.25, -0.2) is 13.1 Å². The molecular formula is C14H24N2O2S. The highest BCUT2D eigenvalue weighted by molar-refractivity contribution is 7.89. The Morgan fingerprint density at radius 1 is 1.21 bits per heavy atom. The maximum Gasteiger partial charge on any atom is 0.211 e. The average molecular weight is 284 g/mol. The van der Waals surface area contributed by atoms with E-state index in [1.54, 1.807) is 0 Å². The minimum atomic E-state index is -3.06. The Kier molecular flexibility index (Phi) is 7.05. The van der Waals surface area contributed by atoms with Crippen molar-refractivity contribution in [2.24, 2.45) is 0 Å². The monoisotopic (exact) mass is 284 g/mol. The molecule has 0 radical (unpaired) electrons. The summed E-state index contributed by atoms with van der Waals surface area (Å²) in [5, 5.41) is 0. The van der Waals surface area contributed by atoms with Gasteiger partial charge in [-0.05, 0) is 32.0 Å². The van der Waals surface area contributed by atoms with Crippen LogP contribution in [0.15, 0.2) is 30.3 Å². The first-order valence-corrected chi connectivity index (χ1v) is 8.38. The Morgan fingerprint density at radius 2 is 1.89 bits per heavy atom. The number of benzene rings is 1. The molecule has 0 atom stereocenters. The lowest BCUT2D eigenvalue weighted by Crippen LogP contribution is -2.29. The lowest BCUT2D eigenvalue weighted by molar-refractivity contribution is 0.322. The van der Waals surface area contributed by atoms with Gasteiger partial charge in [-0.2, -0.15) is 0 Å². The van der Waals surface area contributed by atoms with Crippen molar-refractivity contribution < 1.29 is 8.42 Å². The summed E-state index contributed by atoms with van der Waals surface area (Å²) in [6.45, 7) is 4.15. The van der Waals surface area contributed by atoms with Gasteiger partial charge in [-0.1, -0.05) is 37.3 Å². The zero-order valence-electron chi connectivity index (χ0n) is 11.8. The molecule has 0 unspecified atom stereocenters. The molecule has 0 aliphatic rings. The first kappa shape index (κ1) is 16.1. The van der Waals surface area contributed by atoms with Crippen molar-refractivity contribution in [3.63, 3.8) is 0 Å². The van der Waals surface area contributed by atoms with Crippen molar-refractivity contribution in [3.8, 4) is 0 Å². The average Bonchev–Trinajstić information content (AvgIpc) is 2.36. The molecule has 0 aliphatic heterocycles. The first-order valence-electron chi connectivity index (χ1n) is 6.73.